The van der Waals surface area contributed by atoms with Gasteiger partial charge < -0.3 is 9.31 Å². The van der Waals surface area contributed by atoms with E-state index in [9.17, 15) is 0 Å². The minimum atomic E-state index is -2.18. The first kappa shape index (κ1) is 24.0. The molecule has 0 saturated carbocycles. The average molecular weight is 475 g/mol. The number of rotatable bonds is 5. The van der Waals surface area contributed by atoms with E-state index in [-0.39, 0.29) is 0 Å². The zero-order chi connectivity index (χ0) is 23.9. The summed E-state index contributed by atoms with van der Waals surface area (Å²) in [6.45, 7) is 13.2. The van der Waals surface area contributed by atoms with E-state index in [1.807, 2.05) is 12.1 Å². The van der Waals surface area contributed by atoms with Gasteiger partial charge in [-0.05, 0) is 61.6 Å². The average Bonchev–Trinajstić information content (AvgIpc) is 3.00. The van der Waals surface area contributed by atoms with Crippen LogP contribution in [0.15, 0.2) is 84.9 Å². The molecule has 0 unspecified atom stereocenters. The lowest BCUT2D eigenvalue weighted by Crippen LogP contribution is -2.44. The second-order valence-electron chi connectivity index (χ2n) is 10.2. The van der Waals surface area contributed by atoms with Crippen LogP contribution in [0.1, 0.15) is 38.8 Å². The molecule has 0 amide bonds. The summed E-state index contributed by atoms with van der Waals surface area (Å²) < 4.78 is 13.3. The molecule has 0 spiro atoms. The lowest BCUT2D eigenvalue weighted by atomic mass is 9.73. The van der Waals surface area contributed by atoms with Crippen LogP contribution in [0.2, 0.25) is 18.1 Å². The first-order valence-corrected chi connectivity index (χ1v) is 14.9. The van der Waals surface area contributed by atoms with Crippen LogP contribution in [-0.2, 0) is 9.31 Å². The zero-order valence-corrected chi connectivity index (χ0v) is 22.1. The van der Waals surface area contributed by atoms with Crippen LogP contribution in [0.5, 0.6) is 0 Å². The highest BCUT2D eigenvalue weighted by Gasteiger charge is 2.54. The van der Waals surface area contributed by atoms with Crippen molar-refractivity contribution in [2.24, 2.45) is 0 Å². The van der Waals surface area contributed by atoms with Crippen LogP contribution in [0.3, 0.4) is 0 Å². The third-order valence-electron chi connectivity index (χ3n) is 7.10. The van der Waals surface area contributed by atoms with E-state index in [1.165, 1.54) is 15.9 Å². The Labute approximate surface area is 204 Å². The van der Waals surface area contributed by atoms with Crippen LogP contribution in [0, 0.1) is 0 Å². The van der Waals surface area contributed by atoms with Crippen LogP contribution < -0.4 is 5.19 Å². The predicted octanol–water partition coefficient (Wildman–Crippen LogP) is 7.04. The van der Waals surface area contributed by atoms with E-state index in [0.29, 0.717) is 5.02 Å². The van der Waals surface area contributed by atoms with Crippen molar-refractivity contribution in [3.63, 3.8) is 0 Å². The Morgan fingerprint density at radius 1 is 0.697 bits per heavy atom. The first-order chi connectivity index (χ1) is 15.5. The maximum Gasteiger partial charge on any atom is 0.495 e. The molecule has 1 aliphatic rings. The summed E-state index contributed by atoms with van der Waals surface area (Å²) in [5, 5.41) is 3.40. The molecule has 4 rings (SSSR count). The molecular weight excluding hydrogens is 443 g/mol. The molecule has 0 N–H and O–H groups in total. The van der Waals surface area contributed by atoms with Gasteiger partial charge in [-0.2, -0.15) is 0 Å². The van der Waals surface area contributed by atoms with Crippen LogP contribution in [0.25, 0.3) is 10.7 Å². The molecule has 3 aromatic carbocycles. The molecule has 0 aromatic heterocycles. The molecule has 0 bridgehead atoms. The lowest BCUT2D eigenvalue weighted by molar-refractivity contribution is 0.00578. The summed E-state index contributed by atoms with van der Waals surface area (Å²) in [4.78, 5) is 0. The fraction of sp³-hybridized carbons (Fsp3) is 0.286. The van der Waals surface area contributed by atoms with Gasteiger partial charge in [0.2, 0.25) is 0 Å². The molecule has 1 heterocycles. The van der Waals surface area contributed by atoms with Gasteiger partial charge in [0, 0.05) is 5.02 Å². The standard InChI is InChI=1S/C28H32BClO2Si/c1-27(2)28(3,4)32-29(31-27)25(21-17-19-23(30)20-18-21)26(22-13-9-7-10-14-22)33(5,6)24-15-11-8-12-16-24/h7-20H,1-6H3/b26-25-. The molecule has 1 saturated heterocycles. The van der Waals surface area contributed by atoms with E-state index < -0.39 is 26.4 Å². The second-order valence-corrected chi connectivity index (χ2v) is 15.0. The van der Waals surface area contributed by atoms with Gasteiger partial charge in [0.1, 0.15) is 8.07 Å². The minimum absolute atomic E-state index is 0.435. The van der Waals surface area contributed by atoms with Crippen LogP contribution in [0.4, 0.5) is 0 Å². The number of hydrogen-bond acceptors (Lipinski definition) is 2. The lowest BCUT2D eigenvalue weighted by Gasteiger charge is -2.32. The third kappa shape index (κ3) is 4.63. The van der Waals surface area contributed by atoms with E-state index in [0.717, 1.165) is 11.0 Å². The molecule has 0 atom stereocenters. The van der Waals surface area contributed by atoms with Crippen LogP contribution in [-0.4, -0.2) is 26.4 Å². The van der Waals surface area contributed by atoms with Crippen molar-refractivity contribution in [1.82, 2.24) is 0 Å². The molecule has 1 fully saturated rings. The van der Waals surface area contributed by atoms with E-state index >= 15 is 0 Å². The zero-order valence-electron chi connectivity index (χ0n) is 20.4. The molecule has 170 valence electrons. The normalized spacial score (nSPS) is 18.2. The summed E-state index contributed by atoms with van der Waals surface area (Å²) in [6, 6.07) is 29.6. The summed E-state index contributed by atoms with van der Waals surface area (Å²) in [5.41, 5.74) is 2.51. The van der Waals surface area contributed by atoms with Gasteiger partial charge in [-0.1, -0.05) is 103 Å². The Bertz CT molecular complexity index is 1120. The molecule has 2 nitrogen and oxygen atoms in total. The summed E-state index contributed by atoms with van der Waals surface area (Å²) in [6.07, 6.45) is 0. The van der Waals surface area contributed by atoms with Gasteiger partial charge in [0.05, 0.1) is 11.2 Å². The second kappa shape index (κ2) is 8.92. The maximum atomic E-state index is 6.65. The fourth-order valence-electron chi connectivity index (χ4n) is 4.45. The molecule has 33 heavy (non-hydrogen) atoms. The van der Waals surface area contributed by atoms with Crippen molar-refractivity contribution >= 4 is 42.6 Å². The molecule has 1 aliphatic heterocycles. The number of hydrogen-bond donors (Lipinski definition) is 0. The Balaban J connectivity index is 2.04. The largest absolute Gasteiger partial charge is 0.495 e. The Hall–Kier alpha value is -2.11. The molecule has 3 aromatic rings. The van der Waals surface area contributed by atoms with Crippen molar-refractivity contribution in [3.8, 4) is 0 Å². The van der Waals surface area contributed by atoms with Gasteiger partial charge in [-0.25, -0.2) is 0 Å². The smallest absolute Gasteiger partial charge is 0.399 e. The summed E-state index contributed by atoms with van der Waals surface area (Å²) >= 11 is 6.28. The highest BCUT2D eigenvalue weighted by atomic mass is 35.5. The van der Waals surface area contributed by atoms with Gasteiger partial charge >= 0.3 is 7.12 Å². The maximum absolute atomic E-state index is 6.65. The Morgan fingerprint density at radius 2 is 1.18 bits per heavy atom. The fourth-order valence-corrected chi connectivity index (χ4v) is 7.71. The monoisotopic (exact) mass is 474 g/mol. The van der Waals surface area contributed by atoms with Crippen LogP contribution >= 0.6 is 11.6 Å². The highest BCUT2D eigenvalue weighted by Crippen LogP contribution is 2.44. The van der Waals surface area contributed by atoms with E-state index in [4.69, 9.17) is 20.9 Å². The molecule has 5 heteroatoms. The number of halogens is 1. The Morgan fingerprint density at radius 3 is 1.70 bits per heavy atom. The van der Waals surface area contributed by atoms with Gasteiger partial charge in [0.15, 0.2) is 0 Å². The predicted molar refractivity (Wildman–Crippen MR) is 144 cm³/mol. The van der Waals surface area contributed by atoms with Gasteiger partial charge in [0.25, 0.3) is 0 Å². The van der Waals surface area contributed by atoms with E-state index in [2.05, 4.69) is 114 Å². The summed E-state index contributed by atoms with van der Waals surface area (Å²) in [7, 11) is -2.67. The quantitative estimate of drug-likeness (QED) is 0.292. The number of benzene rings is 3. The van der Waals surface area contributed by atoms with Crippen molar-refractivity contribution in [2.45, 2.75) is 52.0 Å². The third-order valence-corrected chi connectivity index (χ3v) is 10.9. The summed E-state index contributed by atoms with van der Waals surface area (Å²) in [5.74, 6) is 0. The SMILES string of the molecule is CC1(C)OB(/C(=C(/c2ccccc2)[Si](C)(C)c2ccccc2)c2ccc(Cl)cc2)OC1(C)C. The molecule has 0 aliphatic carbocycles. The van der Waals surface area contributed by atoms with Crippen molar-refractivity contribution < 1.29 is 9.31 Å². The Kier molecular flexibility index (Phi) is 6.49. The van der Waals surface area contributed by atoms with Crippen molar-refractivity contribution in [2.75, 3.05) is 0 Å². The van der Waals surface area contributed by atoms with Gasteiger partial charge in [-0.15, -0.1) is 0 Å². The van der Waals surface area contributed by atoms with E-state index in [1.54, 1.807) is 0 Å². The molecule has 0 radical (unpaired) electrons. The van der Waals surface area contributed by atoms with Gasteiger partial charge in [-0.3, -0.25) is 0 Å². The molecular formula is C28H32BClO2Si. The van der Waals surface area contributed by atoms with Crippen molar-refractivity contribution in [1.29, 1.82) is 0 Å². The highest BCUT2D eigenvalue weighted by molar-refractivity contribution is 7.07. The van der Waals surface area contributed by atoms with Crippen molar-refractivity contribution in [3.05, 3.63) is 101 Å². The first-order valence-electron chi connectivity index (χ1n) is 11.5. The topological polar surface area (TPSA) is 18.5 Å². The minimum Gasteiger partial charge on any atom is -0.399 e.